The third kappa shape index (κ3) is 6.19. The van der Waals surface area contributed by atoms with E-state index in [0.29, 0.717) is 6.54 Å². The van der Waals surface area contributed by atoms with E-state index in [0.717, 1.165) is 26.1 Å². The molecule has 0 amide bonds. The van der Waals surface area contributed by atoms with Crippen LogP contribution in [0.25, 0.3) is 0 Å². The van der Waals surface area contributed by atoms with Crippen LogP contribution in [0.1, 0.15) is 24.5 Å². The van der Waals surface area contributed by atoms with Crippen LogP contribution in [0.15, 0.2) is 24.3 Å². The zero-order valence-electron chi connectivity index (χ0n) is 12.7. The fraction of sp³-hybridized carbons (Fsp3) is 0.625. The van der Waals surface area contributed by atoms with Gasteiger partial charge in [-0.3, -0.25) is 0 Å². The van der Waals surface area contributed by atoms with Gasteiger partial charge in [-0.05, 0) is 44.6 Å². The molecule has 2 N–H and O–H groups in total. The van der Waals surface area contributed by atoms with Gasteiger partial charge in [-0.25, -0.2) is 0 Å². The molecule has 0 bridgehead atoms. The molecule has 1 aromatic rings. The first-order valence-electron chi connectivity index (χ1n) is 7.31. The van der Waals surface area contributed by atoms with E-state index in [1.165, 1.54) is 24.1 Å². The smallest absolute Gasteiger partial charge is 0.0180 e. The quantitative estimate of drug-likeness (QED) is 0.739. The van der Waals surface area contributed by atoms with Gasteiger partial charge in [0.15, 0.2) is 0 Å². The molecule has 0 fully saturated rings. The number of nitrogens with two attached hydrogens (primary N) is 1. The van der Waals surface area contributed by atoms with Crippen LogP contribution >= 0.6 is 0 Å². The Balaban J connectivity index is 2.50. The summed E-state index contributed by atoms with van der Waals surface area (Å²) in [4.78, 5) is 4.80. The molecular weight excluding hydrogens is 234 g/mol. The predicted molar refractivity (Wildman–Crippen MR) is 83.3 cm³/mol. The maximum absolute atomic E-state index is 5.79. The van der Waals surface area contributed by atoms with Crippen LogP contribution in [0.4, 0.5) is 0 Å². The summed E-state index contributed by atoms with van der Waals surface area (Å²) < 4.78 is 0. The molecule has 0 saturated carbocycles. The van der Waals surface area contributed by atoms with Crippen LogP contribution in [0, 0.1) is 0 Å². The zero-order valence-corrected chi connectivity index (χ0v) is 12.7. The maximum Gasteiger partial charge on any atom is 0.0180 e. The molecule has 0 spiro atoms. The topological polar surface area (TPSA) is 32.5 Å². The minimum absolute atomic E-state index is 0.641. The molecule has 3 nitrogen and oxygen atoms in total. The Labute approximate surface area is 118 Å². The molecule has 0 aliphatic carbocycles. The summed E-state index contributed by atoms with van der Waals surface area (Å²) in [6, 6.07) is 8.53. The lowest BCUT2D eigenvalue weighted by atomic mass is 10.0. The monoisotopic (exact) mass is 263 g/mol. The minimum atomic E-state index is 0.641. The summed E-state index contributed by atoms with van der Waals surface area (Å²) in [7, 11) is 4.27. The molecule has 0 radical (unpaired) electrons. The second-order valence-corrected chi connectivity index (χ2v) is 5.37. The number of benzene rings is 1. The summed E-state index contributed by atoms with van der Waals surface area (Å²) in [5.74, 6) is 0. The van der Waals surface area contributed by atoms with Gasteiger partial charge in [0, 0.05) is 26.2 Å². The van der Waals surface area contributed by atoms with Crippen LogP contribution in [0.3, 0.4) is 0 Å². The van der Waals surface area contributed by atoms with Gasteiger partial charge in [0.1, 0.15) is 0 Å². The van der Waals surface area contributed by atoms with E-state index in [-0.39, 0.29) is 0 Å². The third-order valence-electron chi connectivity index (χ3n) is 3.44. The van der Waals surface area contributed by atoms with Crippen LogP contribution in [-0.2, 0) is 13.0 Å². The van der Waals surface area contributed by atoms with Gasteiger partial charge in [-0.15, -0.1) is 0 Å². The van der Waals surface area contributed by atoms with Crippen LogP contribution in [0.2, 0.25) is 0 Å². The number of hydrogen-bond donors (Lipinski definition) is 1. The number of hydrogen-bond acceptors (Lipinski definition) is 3. The second kappa shape index (κ2) is 9.08. The van der Waals surface area contributed by atoms with E-state index >= 15 is 0 Å². The largest absolute Gasteiger partial charge is 0.326 e. The molecule has 108 valence electrons. The van der Waals surface area contributed by atoms with Crippen molar-refractivity contribution in [2.75, 3.05) is 40.3 Å². The number of nitrogens with zero attached hydrogens (tertiary/aromatic N) is 2. The second-order valence-electron chi connectivity index (χ2n) is 5.37. The van der Waals surface area contributed by atoms with Crippen molar-refractivity contribution in [3.05, 3.63) is 35.4 Å². The molecule has 19 heavy (non-hydrogen) atoms. The van der Waals surface area contributed by atoms with Gasteiger partial charge in [0.05, 0.1) is 0 Å². The highest BCUT2D eigenvalue weighted by atomic mass is 15.2. The van der Waals surface area contributed by atoms with Crippen LogP contribution < -0.4 is 5.73 Å². The average Bonchev–Trinajstić information content (AvgIpc) is 2.42. The Bertz CT molecular complexity index is 350. The Morgan fingerprint density at radius 3 is 2.21 bits per heavy atom. The third-order valence-corrected chi connectivity index (χ3v) is 3.44. The van der Waals surface area contributed by atoms with Crippen molar-refractivity contribution in [2.24, 2.45) is 5.73 Å². The minimum Gasteiger partial charge on any atom is -0.326 e. The highest BCUT2D eigenvalue weighted by Gasteiger charge is 2.06. The van der Waals surface area contributed by atoms with E-state index in [4.69, 9.17) is 5.73 Å². The van der Waals surface area contributed by atoms with Gasteiger partial charge < -0.3 is 15.5 Å². The fourth-order valence-corrected chi connectivity index (χ4v) is 2.27. The van der Waals surface area contributed by atoms with Gasteiger partial charge >= 0.3 is 0 Å². The van der Waals surface area contributed by atoms with Crippen molar-refractivity contribution >= 4 is 0 Å². The Morgan fingerprint density at radius 2 is 1.63 bits per heavy atom. The Hall–Kier alpha value is -0.900. The van der Waals surface area contributed by atoms with E-state index in [9.17, 15) is 0 Å². The lowest BCUT2D eigenvalue weighted by Crippen LogP contribution is -2.34. The molecule has 0 heterocycles. The van der Waals surface area contributed by atoms with Crippen molar-refractivity contribution in [3.8, 4) is 0 Å². The lowest BCUT2D eigenvalue weighted by Gasteiger charge is -2.24. The van der Waals surface area contributed by atoms with Crippen molar-refractivity contribution in [2.45, 2.75) is 26.3 Å². The summed E-state index contributed by atoms with van der Waals surface area (Å²) in [5, 5.41) is 0. The summed E-state index contributed by atoms with van der Waals surface area (Å²) >= 11 is 0. The van der Waals surface area contributed by atoms with Gasteiger partial charge in [-0.2, -0.15) is 0 Å². The summed E-state index contributed by atoms with van der Waals surface area (Å²) in [6.07, 6.45) is 2.31. The molecule has 0 aliphatic heterocycles. The lowest BCUT2D eigenvalue weighted by molar-refractivity contribution is 0.243. The van der Waals surface area contributed by atoms with Crippen molar-refractivity contribution in [1.29, 1.82) is 0 Å². The van der Waals surface area contributed by atoms with Crippen molar-refractivity contribution in [3.63, 3.8) is 0 Å². The first-order valence-corrected chi connectivity index (χ1v) is 7.31. The maximum atomic E-state index is 5.79. The van der Waals surface area contributed by atoms with Gasteiger partial charge in [-0.1, -0.05) is 31.2 Å². The van der Waals surface area contributed by atoms with E-state index in [1.54, 1.807) is 0 Å². The molecule has 0 saturated heterocycles. The molecule has 0 aromatic heterocycles. The molecule has 3 heteroatoms. The normalized spacial score (nSPS) is 11.5. The van der Waals surface area contributed by atoms with E-state index in [1.807, 2.05) is 0 Å². The van der Waals surface area contributed by atoms with Crippen molar-refractivity contribution < 1.29 is 0 Å². The Morgan fingerprint density at radius 1 is 0.947 bits per heavy atom. The Kier molecular flexibility index (Phi) is 7.72. The SMILES string of the molecule is CCCN(CCc1ccccc1CN)CCN(C)C. The first-order chi connectivity index (χ1) is 9.17. The molecule has 0 atom stereocenters. The first kappa shape index (κ1) is 16.2. The van der Waals surface area contributed by atoms with Crippen LogP contribution in [0.5, 0.6) is 0 Å². The molecule has 1 aromatic carbocycles. The van der Waals surface area contributed by atoms with Gasteiger partial charge in [0.25, 0.3) is 0 Å². The highest BCUT2D eigenvalue weighted by molar-refractivity contribution is 5.27. The standard InChI is InChI=1S/C16H29N3/c1-4-10-19(13-12-18(2)3)11-9-15-7-5-6-8-16(15)14-17/h5-8H,4,9-14,17H2,1-3H3. The fourth-order valence-electron chi connectivity index (χ4n) is 2.27. The average molecular weight is 263 g/mol. The van der Waals surface area contributed by atoms with E-state index in [2.05, 4.69) is 55.1 Å². The van der Waals surface area contributed by atoms with E-state index < -0.39 is 0 Å². The number of rotatable bonds is 9. The summed E-state index contributed by atoms with van der Waals surface area (Å²) in [5.41, 5.74) is 8.48. The predicted octanol–water partition coefficient (Wildman–Crippen LogP) is 1.96. The molecule has 0 unspecified atom stereocenters. The summed E-state index contributed by atoms with van der Waals surface area (Å²) in [6.45, 7) is 7.46. The molecule has 1 rings (SSSR count). The van der Waals surface area contributed by atoms with Crippen molar-refractivity contribution in [1.82, 2.24) is 9.80 Å². The highest BCUT2D eigenvalue weighted by Crippen LogP contribution is 2.09. The molecular formula is C16H29N3. The van der Waals surface area contributed by atoms with Crippen LogP contribution in [-0.4, -0.2) is 50.1 Å². The van der Waals surface area contributed by atoms with Gasteiger partial charge in [0.2, 0.25) is 0 Å². The zero-order chi connectivity index (χ0) is 14.1. The molecule has 0 aliphatic rings. The number of likely N-dealkylation sites (N-methyl/N-ethyl adjacent to an activating group) is 1.